The van der Waals surface area contributed by atoms with Gasteiger partial charge in [-0.3, -0.25) is 4.98 Å². The van der Waals surface area contributed by atoms with Crippen LogP contribution >= 0.6 is 0 Å². The third-order valence-electron chi connectivity index (χ3n) is 3.76. The fraction of sp³-hybridized carbons (Fsp3) is 0.688. The van der Waals surface area contributed by atoms with Crippen LogP contribution in [0.25, 0.3) is 0 Å². The fourth-order valence-electron chi connectivity index (χ4n) is 1.84. The normalized spacial score (nSPS) is 45.4. The van der Waals surface area contributed by atoms with Gasteiger partial charge < -0.3 is 14.2 Å². The molecule has 3 rings (SSSR count). The van der Waals surface area contributed by atoms with E-state index in [9.17, 15) is 0 Å². The number of anilines is 1. The molecule has 0 unspecified atom stereocenters. The van der Waals surface area contributed by atoms with E-state index in [1.165, 1.54) is 0 Å². The van der Waals surface area contributed by atoms with E-state index in [0.717, 1.165) is 0 Å². The predicted octanol–water partition coefficient (Wildman–Crippen LogP) is 2.37. The zero-order valence-electron chi connectivity index (χ0n) is 25.3. The monoisotopic (exact) mass is 301 g/mol. The van der Waals surface area contributed by atoms with Crippen molar-refractivity contribution in [3.05, 3.63) is 18.3 Å². The molecule has 1 aromatic rings. The Labute approximate surface area is 146 Å². The summed E-state index contributed by atoms with van der Waals surface area (Å²) in [5.74, 6) is 0. The zero-order valence-corrected chi connectivity index (χ0v) is 12.3. The molecule has 2 aliphatic heterocycles. The number of aromatic nitrogens is 1. The summed E-state index contributed by atoms with van der Waals surface area (Å²) < 4.78 is 118. The summed E-state index contributed by atoms with van der Waals surface area (Å²) in [5.41, 5.74) is -3.20. The number of nitrogens with zero attached hydrogens (tertiary/aromatic N) is 2. The third-order valence-corrected chi connectivity index (χ3v) is 3.76. The average Bonchev–Trinajstić information content (AvgIpc) is 2.86. The Morgan fingerprint density at radius 3 is 2.43 bits per heavy atom. The molecular formula is C16H25BN2O2. The lowest BCUT2D eigenvalue weighted by Crippen LogP contribution is -2.41. The molecular weight excluding hydrogens is 263 g/mol. The Hall–Kier alpha value is -1.07. The Morgan fingerprint density at radius 2 is 1.81 bits per heavy atom. The van der Waals surface area contributed by atoms with Crippen molar-refractivity contribution in [1.82, 2.24) is 4.98 Å². The molecule has 0 amide bonds. The highest BCUT2D eigenvalue weighted by molar-refractivity contribution is 6.61. The second-order valence-electron chi connectivity index (χ2n) is 5.73. The van der Waals surface area contributed by atoms with Crippen molar-refractivity contribution in [1.29, 1.82) is 0 Å². The Morgan fingerprint density at radius 1 is 1.19 bits per heavy atom. The second kappa shape index (κ2) is 5.29. The molecule has 0 aliphatic carbocycles. The lowest BCUT2D eigenvalue weighted by molar-refractivity contribution is 0.00578. The molecule has 2 aliphatic rings. The van der Waals surface area contributed by atoms with Crippen LogP contribution in [-0.2, 0) is 9.31 Å². The fourth-order valence-corrected chi connectivity index (χ4v) is 1.84. The van der Waals surface area contributed by atoms with Gasteiger partial charge in [-0.15, -0.1) is 0 Å². The Kier molecular flexibility index (Phi) is 1.47. The summed E-state index contributed by atoms with van der Waals surface area (Å²) in [6.45, 7) is -0.400. The summed E-state index contributed by atoms with van der Waals surface area (Å²) in [6, 6.07) is -1.80. The second-order valence-corrected chi connectivity index (χ2v) is 5.73. The molecule has 0 atom stereocenters. The minimum atomic E-state index is -3.65. The molecule has 0 aromatic carbocycles. The lowest BCUT2D eigenvalue weighted by Gasteiger charge is -2.32. The van der Waals surface area contributed by atoms with Crippen molar-refractivity contribution in [2.45, 2.75) is 58.0 Å². The van der Waals surface area contributed by atoms with E-state index in [1.807, 2.05) is 0 Å². The molecule has 0 bridgehead atoms. The van der Waals surface area contributed by atoms with Gasteiger partial charge in [-0.2, -0.15) is 0 Å². The van der Waals surface area contributed by atoms with Gasteiger partial charge in [-0.25, -0.2) is 0 Å². The van der Waals surface area contributed by atoms with Gasteiger partial charge in [-0.05, 0) is 58.9 Å². The van der Waals surface area contributed by atoms with E-state index < -0.39 is 80.0 Å². The molecule has 0 saturated carbocycles. The van der Waals surface area contributed by atoms with Crippen LogP contribution in [0, 0.1) is 0 Å². The maximum Gasteiger partial charge on any atom is 0.514 e. The van der Waals surface area contributed by atoms with Gasteiger partial charge in [0, 0.05) is 38.6 Å². The summed E-state index contributed by atoms with van der Waals surface area (Å²) >= 11 is 0. The van der Waals surface area contributed by atoms with Crippen LogP contribution in [0.5, 0.6) is 0 Å². The van der Waals surface area contributed by atoms with E-state index in [2.05, 4.69) is 4.98 Å². The lowest BCUT2D eigenvalue weighted by atomic mass is 9.84. The van der Waals surface area contributed by atoms with Crippen LogP contribution in [0.2, 0.25) is 0 Å². The molecule has 114 valence electrons. The van der Waals surface area contributed by atoms with E-state index in [4.69, 9.17) is 27.1 Å². The van der Waals surface area contributed by atoms with Gasteiger partial charge in [0.15, 0.2) is 0 Å². The minimum Gasteiger partial charge on any atom is -0.398 e. The van der Waals surface area contributed by atoms with Crippen LogP contribution in [0.1, 0.15) is 64.6 Å². The predicted molar refractivity (Wildman–Crippen MR) is 86.0 cm³/mol. The van der Waals surface area contributed by atoms with E-state index in [-0.39, 0.29) is 4.90 Å². The third kappa shape index (κ3) is 2.81. The average molecular weight is 301 g/mol. The highest BCUT2D eigenvalue weighted by Gasteiger charge is 2.52. The molecule has 0 spiro atoms. The van der Waals surface area contributed by atoms with E-state index in [1.54, 1.807) is 27.7 Å². The number of pyridine rings is 1. The van der Waals surface area contributed by atoms with Crippen LogP contribution in [0.4, 0.5) is 5.69 Å². The maximum atomic E-state index is 8.62. The maximum absolute atomic E-state index is 8.62. The van der Waals surface area contributed by atoms with Crippen LogP contribution < -0.4 is 10.5 Å². The molecule has 2 saturated heterocycles. The topological polar surface area (TPSA) is 34.6 Å². The first-order valence-corrected chi connectivity index (χ1v) is 6.54. The van der Waals surface area contributed by atoms with Crippen LogP contribution in [0.3, 0.4) is 0 Å². The minimum absolute atomic E-state index is 0.0968. The van der Waals surface area contributed by atoms with Crippen LogP contribution in [0.15, 0.2) is 18.3 Å². The Bertz CT molecular complexity index is 985. The van der Waals surface area contributed by atoms with E-state index >= 15 is 0 Å². The zero-order chi connectivity index (χ0) is 26.7. The molecule has 21 heavy (non-hydrogen) atoms. The number of rotatable bonds is 2. The standard InChI is InChI=1S/C16H25BN2O2/c1-15(2)16(3,4)21-17(20-15)14-12-13(8-9-18-14)19-10-6-5-7-11-19/h8-9,12H,5-7,10-11H2,1-4H3/i5D2,6D2,7D2,8D,9D,10D2,11D2,12D. The first-order chi connectivity index (χ1) is 14.9. The quantitative estimate of drug-likeness (QED) is 0.786. The van der Waals surface area contributed by atoms with Crippen molar-refractivity contribution in [2.75, 3.05) is 17.9 Å². The van der Waals surface area contributed by atoms with Crippen LogP contribution in [-0.4, -0.2) is 36.3 Å². The summed E-state index contributed by atoms with van der Waals surface area (Å²) in [5, 5.41) is 0. The van der Waals surface area contributed by atoms with Gasteiger partial charge in [-0.1, -0.05) is 0 Å². The molecule has 4 nitrogen and oxygen atoms in total. The largest absolute Gasteiger partial charge is 0.514 e. The molecule has 0 N–H and O–H groups in total. The summed E-state index contributed by atoms with van der Waals surface area (Å²) in [4.78, 5) is 3.75. The van der Waals surface area contributed by atoms with E-state index in [0.29, 0.717) is 0 Å². The first-order valence-electron chi connectivity index (χ1n) is 13.0. The molecule has 5 heteroatoms. The number of hydrogen-bond acceptors (Lipinski definition) is 4. The van der Waals surface area contributed by atoms with Crippen molar-refractivity contribution in [3.8, 4) is 0 Å². The SMILES string of the molecule is [2H]c1nc(B2OC(C)(C)C(C)(C)O2)c([2H])c(N2C([2H])([2H])C([2H])([2H])C([2H])([2H])C([2H])([2H])C2([2H])[2H])c1[2H]. The molecule has 0 radical (unpaired) electrons. The van der Waals surface area contributed by atoms with Crippen molar-refractivity contribution in [2.24, 2.45) is 0 Å². The van der Waals surface area contributed by atoms with Crippen molar-refractivity contribution in [3.63, 3.8) is 0 Å². The molecule has 1 aromatic heterocycles. The van der Waals surface area contributed by atoms with Gasteiger partial charge in [0.2, 0.25) is 0 Å². The van der Waals surface area contributed by atoms with Crippen molar-refractivity contribution >= 4 is 18.4 Å². The Balaban J connectivity index is 2.33. The first kappa shape index (κ1) is 5.86. The number of piperidine rings is 1. The van der Waals surface area contributed by atoms with Gasteiger partial charge in [0.25, 0.3) is 0 Å². The molecule has 3 heterocycles. The van der Waals surface area contributed by atoms with Crippen molar-refractivity contribution < 1.29 is 27.1 Å². The smallest absolute Gasteiger partial charge is 0.398 e. The summed E-state index contributed by atoms with van der Waals surface area (Å²) in [7, 11) is -1.37. The van der Waals surface area contributed by atoms with Gasteiger partial charge >= 0.3 is 7.12 Å². The van der Waals surface area contributed by atoms with Gasteiger partial charge in [0.1, 0.15) is 0 Å². The van der Waals surface area contributed by atoms with Gasteiger partial charge in [0.05, 0.1) is 20.9 Å². The highest BCUT2D eigenvalue weighted by atomic mass is 16.7. The summed E-state index contributed by atoms with van der Waals surface area (Å²) in [6.07, 6.45) is -11.8. The molecule has 2 fully saturated rings. The highest BCUT2D eigenvalue weighted by Crippen LogP contribution is 2.36. The number of hydrogen-bond donors (Lipinski definition) is 0.